The first-order valence-electron chi connectivity index (χ1n) is 4.92. The van der Waals surface area contributed by atoms with E-state index in [2.05, 4.69) is 0 Å². The van der Waals surface area contributed by atoms with Crippen LogP contribution in [0.1, 0.15) is 10.4 Å². The van der Waals surface area contributed by atoms with Gasteiger partial charge >= 0.3 is 5.97 Å². The number of hydrogen-bond acceptors (Lipinski definition) is 3. The number of halogens is 1. The Balaban J connectivity index is 2.20. The monoisotopic (exact) mass is 232 g/mol. The van der Waals surface area contributed by atoms with Crippen LogP contribution in [0.2, 0.25) is 0 Å². The second-order valence-corrected chi connectivity index (χ2v) is 3.37. The molecule has 17 heavy (non-hydrogen) atoms. The number of phenols is 1. The van der Waals surface area contributed by atoms with Gasteiger partial charge in [-0.15, -0.1) is 0 Å². The van der Waals surface area contributed by atoms with Gasteiger partial charge in [0.25, 0.3) is 0 Å². The highest BCUT2D eigenvalue weighted by Gasteiger charge is 2.13. The molecule has 0 fully saturated rings. The molecule has 0 radical (unpaired) electrons. The van der Waals surface area contributed by atoms with E-state index in [9.17, 15) is 14.3 Å². The van der Waals surface area contributed by atoms with Crippen molar-refractivity contribution >= 4 is 5.97 Å². The minimum absolute atomic E-state index is 0.0242. The molecule has 0 amide bonds. The summed E-state index contributed by atoms with van der Waals surface area (Å²) in [5.41, 5.74) is -0.143. The van der Waals surface area contributed by atoms with Gasteiger partial charge in [-0.25, -0.2) is 9.18 Å². The molecule has 86 valence electrons. The van der Waals surface area contributed by atoms with Gasteiger partial charge in [-0.1, -0.05) is 18.2 Å². The van der Waals surface area contributed by atoms with Crippen LogP contribution in [0.4, 0.5) is 4.39 Å². The fourth-order valence-corrected chi connectivity index (χ4v) is 1.34. The molecule has 2 rings (SSSR count). The number of benzene rings is 2. The summed E-state index contributed by atoms with van der Waals surface area (Å²) in [4.78, 5) is 11.6. The lowest BCUT2D eigenvalue weighted by Gasteiger charge is -2.05. The summed E-state index contributed by atoms with van der Waals surface area (Å²) in [6, 6.07) is 11.3. The molecule has 0 aliphatic carbocycles. The average Bonchev–Trinajstić information content (AvgIpc) is 2.29. The Morgan fingerprint density at radius 2 is 1.88 bits per heavy atom. The first kappa shape index (κ1) is 11.1. The quantitative estimate of drug-likeness (QED) is 0.639. The summed E-state index contributed by atoms with van der Waals surface area (Å²) < 4.78 is 18.2. The Bertz CT molecular complexity index is 552. The summed E-state index contributed by atoms with van der Waals surface area (Å²) in [6.45, 7) is 0. The van der Waals surface area contributed by atoms with Crippen LogP contribution >= 0.6 is 0 Å². The molecule has 2 aromatic carbocycles. The van der Waals surface area contributed by atoms with Crippen molar-refractivity contribution < 1.29 is 19.0 Å². The maximum Gasteiger partial charge on any atom is 0.346 e. The fraction of sp³-hybridized carbons (Fsp3) is 0. The number of esters is 1. The van der Waals surface area contributed by atoms with Gasteiger partial charge in [0, 0.05) is 6.07 Å². The van der Waals surface area contributed by atoms with Gasteiger partial charge in [0.05, 0.1) is 5.56 Å². The molecule has 0 heterocycles. The molecule has 0 aromatic heterocycles. The van der Waals surface area contributed by atoms with Crippen LogP contribution in [-0.4, -0.2) is 11.1 Å². The van der Waals surface area contributed by atoms with Crippen LogP contribution in [-0.2, 0) is 0 Å². The van der Waals surface area contributed by atoms with E-state index in [1.54, 1.807) is 6.07 Å². The van der Waals surface area contributed by atoms with Crippen molar-refractivity contribution in [1.82, 2.24) is 0 Å². The number of hydrogen-bond donors (Lipinski definition) is 1. The van der Waals surface area contributed by atoms with Crippen molar-refractivity contribution in [2.75, 3.05) is 0 Å². The van der Waals surface area contributed by atoms with Gasteiger partial charge in [-0.05, 0) is 24.3 Å². The van der Waals surface area contributed by atoms with Crippen molar-refractivity contribution in [2.24, 2.45) is 0 Å². The van der Waals surface area contributed by atoms with Gasteiger partial charge in [0.15, 0.2) is 0 Å². The third kappa shape index (κ3) is 2.60. The molecular formula is C13H9FO3. The second kappa shape index (κ2) is 4.65. The van der Waals surface area contributed by atoms with E-state index in [1.165, 1.54) is 42.5 Å². The molecule has 4 heteroatoms. The Morgan fingerprint density at radius 3 is 2.59 bits per heavy atom. The Hall–Kier alpha value is -2.36. The zero-order chi connectivity index (χ0) is 12.3. The first-order chi connectivity index (χ1) is 8.16. The third-order valence-electron chi connectivity index (χ3n) is 2.12. The molecular weight excluding hydrogens is 223 g/mol. The normalized spacial score (nSPS) is 9.94. The van der Waals surface area contributed by atoms with Crippen molar-refractivity contribution in [3.05, 3.63) is 59.9 Å². The number of carbonyl (C=O) groups excluding carboxylic acids is 1. The van der Waals surface area contributed by atoms with Gasteiger partial charge in [-0.3, -0.25) is 0 Å². The Morgan fingerprint density at radius 1 is 1.12 bits per heavy atom. The van der Waals surface area contributed by atoms with Crippen LogP contribution in [0.15, 0.2) is 48.5 Å². The lowest BCUT2D eigenvalue weighted by Crippen LogP contribution is -2.10. The molecule has 0 bridgehead atoms. The van der Waals surface area contributed by atoms with E-state index in [1.807, 2.05) is 0 Å². The van der Waals surface area contributed by atoms with Gasteiger partial charge < -0.3 is 9.84 Å². The summed E-state index contributed by atoms with van der Waals surface area (Å²) in [6.07, 6.45) is 0. The van der Waals surface area contributed by atoms with Crippen LogP contribution in [0, 0.1) is 5.82 Å². The molecule has 0 saturated carbocycles. The minimum atomic E-state index is -0.798. The highest BCUT2D eigenvalue weighted by Crippen LogP contribution is 2.19. The molecule has 0 spiro atoms. The van der Waals surface area contributed by atoms with Gasteiger partial charge in [0.1, 0.15) is 17.3 Å². The molecule has 0 atom stereocenters. The summed E-state index contributed by atoms with van der Waals surface area (Å²) in [5.74, 6) is -1.30. The van der Waals surface area contributed by atoms with Crippen molar-refractivity contribution in [3.8, 4) is 11.5 Å². The average molecular weight is 232 g/mol. The topological polar surface area (TPSA) is 46.5 Å². The molecule has 1 N–H and O–H groups in total. The van der Waals surface area contributed by atoms with Gasteiger partial charge in [-0.2, -0.15) is 0 Å². The lowest BCUT2D eigenvalue weighted by atomic mass is 10.2. The smallest absolute Gasteiger partial charge is 0.346 e. The zero-order valence-electron chi connectivity index (χ0n) is 8.76. The Kier molecular flexibility index (Phi) is 3.05. The van der Waals surface area contributed by atoms with Crippen LogP contribution in [0.5, 0.6) is 11.5 Å². The molecule has 0 saturated heterocycles. The van der Waals surface area contributed by atoms with E-state index in [-0.39, 0.29) is 17.1 Å². The van der Waals surface area contributed by atoms with Crippen LogP contribution < -0.4 is 4.74 Å². The standard InChI is InChI=1S/C13H9FO3/c14-12-7-2-1-6-11(12)13(16)17-10-5-3-4-9(15)8-10/h1-8,15H. The predicted octanol–water partition coefficient (Wildman–Crippen LogP) is 2.75. The van der Waals surface area contributed by atoms with Crippen LogP contribution in [0.3, 0.4) is 0 Å². The van der Waals surface area contributed by atoms with E-state index >= 15 is 0 Å². The molecule has 3 nitrogen and oxygen atoms in total. The van der Waals surface area contributed by atoms with Crippen LogP contribution in [0.25, 0.3) is 0 Å². The summed E-state index contributed by atoms with van der Waals surface area (Å²) in [7, 11) is 0. The number of carbonyl (C=O) groups is 1. The number of aromatic hydroxyl groups is 1. The van der Waals surface area contributed by atoms with E-state index < -0.39 is 11.8 Å². The molecule has 2 aromatic rings. The van der Waals surface area contributed by atoms with E-state index in [0.29, 0.717) is 0 Å². The third-order valence-corrected chi connectivity index (χ3v) is 2.12. The largest absolute Gasteiger partial charge is 0.508 e. The summed E-state index contributed by atoms with van der Waals surface area (Å²) in [5, 5.41) is 9.19. The molecule has 0 aliphatic rings. The summed E-state index contributed by atoms with van der Waals surface area (Å²) >= 11 is 0. The highest BCUT2D eigenvalue weighted by atomic mass is 19.1. The minimum Gasteiger partial charge on any atom is -0.508 e. The van der Waals surface area contributed by atoms with E-state index in [4.69, 9.17) is 4.74 Å². The number of phenolic OH excluding ortho intramolecular Hbond substituents is 1. The molecule has 0 unspecified atom stereocenters. The van der Waals surface area contributed by atoms with Crippen molar-refractivity contribution in [1.29, 1.82) is 0 Å². The number of rotatable bonds is 2. The second-order valence-electron chi connectivity index (χ2n) is 3.37. The predicted molar refractivity (Wildman–Crippen MR) is 59.5 cm³/mol. The lowest BCUT2D eigenvalue weighted by molar-refractivity contribution is 0.0730. The van der Waals surface area contributed by atoms with Crippen molar-refractivity contribution in [3.63, 3.8) is 0 Å². The molecule has 0 aliphatic heterocycles. The number of ether oxygens (including phenoxy) is 1. The van der Waals surface area contributed by atoms with E-state index in [0.717, 1.165) is 0 Å². The van der Waals surface area contributed by atoms with Gasteiger partial charge in [0.2, 0.25) is 0 Å². The zero-order valence-corrected chi connectivity index (χ0v) is 8.76. The maximum absolute atomic E-state index is 13.3. The van der Waals surface area contributed by atoms with Crippen molar-refractivity contribution in [2.45, 2.75) is 0 Å². The Labute approximate surface area is 97.1 Å². The fourth-order valence-electron chi connectivity index (χ4n) is 1.34. The first-order valence-corrected chi connectivity index (χ1v) is 4.92. The maximum atomic E-state index is 13.3. The SMILES string of the molecule is O=C(Oc1cccc(O)c1)c1ccccc1F. The highest BCUT2D eigenvalue weighted by molar-refractivity contribution is 5.91.